The highest BCUT2D eigenvalue weighted by Crippen LogP contribution is 2.23. The SMILES string of the molecule is CC1CCCN(C(=O)c2c[nH]ccc2=O)C1C. The number of hydrogen-bond acceptors (Lipinski definition) is 2. The molecule has 1 amide bonds. The first-order valence-electron chi connectivity index (χ1n) is 6.09. The number of rotatable bonds is 1. The summed E-state index contributed by atoms with van der Waals surface area (Å²) in [6.07, 6.45) is 5.20. The van der Waals surface area contributed by atoms with Crippen molar-refractivity contribution in [1.29, 1.82) is 0 Å². The average Bonchev–Trinajstić information content (AvgIpc) is 2.32. The fourth-order valence-electron chi connectivity index (χ4n) is 2.36. The van der Waals surface area contributed by atoms with E-state index in [4.69, 9.17) is 0 Å². The number of piperidine rings is 1. The summed E-state index contributed by atoms with van der Waals surface area (Å²) in [5.41, 5.74) is 0.0348. The summed E-state index contributed by atoms with van der Waals surface area (Å²) in [5.74, 6) is 0.349. The van der Waals surface area contributed by atoms with E-state index >= 15 is 0 Å². The zero-order chi connectivity index (χ0) is 12.4. The molecule has 0 saturated carbocycles. The normalized spacial score (nSPS) is 24.7. The van der Waals surface area contributed by atoms with Gasteiger partial charge in [0.25, 0.3) is 5.91 Å². The maximum absolute atomic E-state index is 12.3. The van der Waals surface area contributed by atoms with E-state index < -0.39 is 0 Å². The van der Waals surface area contributed by atoms with Gasteiger partial charge in [-0.05, 0) is 25.7 Å². The maximum atomic E-state index is 12.3. The monoisotopic (exact) mass is 234 g/mol. The van der Waals surface area contributed by atoms with Gasteiger partial charge in [-0.3, -0.25) is 9.59 Å². The Bertz CT molecular complexity index is 466. The second-order valence-electron chi connectivity index (χ2n) is 4.78. The van der Waals surface area contributed by atoms with Gasteiger partial charge in [0.2, 0.25) is 0 Å². The van der Waals surface area contributed by atoms with E-state index in [9.17, 15) is 9.59 Å². The summed E-state index contributed by atoms with van der Waals surface area (Å²) in [6.45, 7) is 4.96. The van der Waals surface area contributed by atoms with Crippen LogP contribution in [0.25, 0.3) is 0 Å². The van der Waals surface area contributed by atoms with Crippen LogP contribution < -0.4 is 5.43 Å². The number of aromatic nitrogens is 1. The number of carbonyl (C=O) groups is 1. The van der Waals surface area contributed by atoms with Gasteiger partial charge >= 0.3 is 0 Å². The second-order valence-corrected chi connectivity index (χ2v) is 4.78. The Morgan fingerprint density at radius 3 is 2.94 bits per heavy atom. The van der Waals surface area contributed by atoms with E-state index in [0.717, 1.165) is 19.4 Å². The van der Waals surface area contributed by atoms with Crippen LogP contribution in [0.3, 0.4) is 0 Å². The van der Waals surface area contributed by atoms with Crippen molar-refractivity contribution in [3.05, 3.63) is 34.2 Å². The predicted octanol–water partition coefficient (Wildman–Crippen LogP) is 1.64. The summed E-state index contributed by atoms with van der Waals surface area (Å²) in [7, 11) is 0. The van der Waals surface area contributed by atoms with E-state index in [1.54, 1.807) is 6.20 Å². The lowest BCUT2D eigenvalue weighted by Gasteiger charge is -2.37. The molecule has 0 aliphatic carbocycles. The van der Waals surface area contributed by atoms with E-state index in [1.807, 2.05) is 4.90 Å². The maximum Gasteiger partial charge on any atom is 0.259 e. The molecule has 2 unspecified atom stereocenters. The Balaban J connectivity index is 2.26. The Morgan fingerprint density at radius 2 is 2.24 bits per heavy atom. The molecule has 4 heteroatoms. The first-order chi connectivity index (χ1) is 8.11. The highest BCUT2D eigenvalue weighted by Gasteiger charge is 2.29. The summed E-state index contributed by atoms with van der Waals surface area (Å²) >= 11 is 0. The van der Waals surface area contributed by atoms with Crippen LogP contribution in [0.1, 0.15) is 37.0 Å². The third-order valence-corrected chi connectivity index (χ3v) is 3.69. The Labute approximate surface area is 101 Å². The molecule has 1 aromatic rings. The van der Waals surface area contributed by atoms with Gasteiger partial charge in [0.05, 0.1) is 0 Å². The first-order valence-corrected chi connectivity index (χ1v) is 6.09. The summed E-state index contributed by atoms with van der Waals surface area (Å²) in [5, 5.41) is 0. The zero-order valence-corrected chi connectivity index (χ0v) is 10.3. The third-order valence-electron chi connectivity index (χ3n) is 3.69. The molecule has 2 atom stereocenters. The number of amides is 1. The fraction of sp³-hybridized carbons (Fsp3) is 0.538. The molecule has 2 heterocycles. The van der Waals surface area contributed by atoms with Crippen LogP contribution in [0.4, 0.5) is 0 Å². The van der Waals surface area contributed by atoms with Gasteiger partial charge in [0, 0.05) is 31.0 Å². The predicted molar refractivity (Wildman–Crippen MR) is 66.0 cm³/mol. The lowest BCUT2D eigenvalue weighted by Crippen LogP contribution is -2.47. The highest BCUT2D eigenvalue weighted by atomic mass is 16.2. The molecule has 2 rings (SSSR count). The molecule has 0 radical (unpaired) electrons. The van der Waals surface area contributed by atoms with Crippen LogP contribution in [0, 0.1) is 5.92 Å². The van der Waals surface area contributed by atoms with Crippen molar-refractivity contribution >= 4 is 5.91 Å². The van der Waals surface area contributed by atoms with Gasteiger partial charge in [0.15, 0.2) is 5.43 Å². The standard InChI is InChI=1S/C13H18N2O2/c1-9-4-3-7-15(10(9)2)13(17)11-8-14-6-5-12(11)16/h5-6,8-10H,3-4,7H2,1-2H3,(H,14,16). The van der Waals surface area contributed by atoms with E-state index in [2.05, 4.69) is 18.8 Å². The molecule has 1 N–H and O–H groups in total. The number of likely N-dealkylation sites (tertiary alicyclic amines) is 1. The highest BCUT2D eigenvalue weighted by molar-refractivity contribution is 5.94. The number of carbonyl (C=O) groups excluding carboxylic acids is 1. The van der Waals surface area contributed by atoms with Gasteiger partial charge in [-0.15, -0.1) is 0 Å². The molecule has 1 aliphatic heterocycles. The van der Waals surface area contributed by atoms with Crippen molar-refractivity contribution in [2.75, 3.05) is 6.54 Å². The van der Waals surface area contributed by atoms with Crippen LogP contribution in [0.15, 0.2) is 23.3 Å². The zero-order valence-electron chi connectivity index (χ0n) is 10.3. The molecule has 0 bridgehead atoms. The minimum Gasteiger partial charge on any atom is -0.367 e. The molecule has 0 aromatic carbocycles. The van der Waals surface area contributed by atoms with Crippen LogP contribution in [0.2, 0.25) is 0 Å². The second kappa shape index (κ2) is 4.73. The van der Waals surface area contributed by atoms with E-state index in [-0.39, 0.29) is 22.9 Å². The number of nitrogens with zero attached hydrogens (tertiary/aromatic N) is 1. The number of nitrogens with one attached hydrogen (secondary N) is 1. The van der Waals surface area contributed by atoms with Gasteiger partial charge in [-0.1, -0.05) is 6.92 Å². The van der Waals surface area contributed by atoms with Crippen LogP contribution in [-0.4, -0.2) is 28.4 Å². The van der Waals surface area contributed by atoms with Gasteiger partial charge < -0.3 is 9.88 Å². The van der Waals surface area contributed by atoms with Crippen molar-refractivity contribution in [2.45, 2.75) is 32.7 Å². The number of H-pyrrole nitrogens is 1. The molecule has 1 saturated heterocycles. The lowest BCUT2D eigenvalue weighted by molar-refractivity contribution is 0.0549. The molecule has 1 aromatic heterocycles. The van der Waals surface area contributed by atoms with Crippen LogP contribution in [0.5, 0.6) is 0 Å². The van der Waals surface area contributed by atoms with Crippen molar-refractivity contribution in [2.24, 2.45) is 5.92 Å². The number of aromatic amines is 1. The average molecular weight is 234 g/mol. The summed E-state index contributed by atoms with van der Waals surface area (Å²) in [4.78, 5) is 28.5. The third kappa shape index (κ3) is 2.25. The molecule has 1 fully saturated rings. The first kappa shape index (κ1) is 11.9. The largest absolute Gasteiger partial charge is 0.367 e. The topological polar surface area (TPSA) is 53.2 Å². The van der Waals surface area contributed by atoms with Gasteiger partial charge in [0.1, 0.15) is 5.56 Å². The van der Waals surface area contributed by atoms with Crippen molar-refractivity contribution in [3.63, 3.8) is 0 Å². The molecule has 1 aliphatic rings. The molecule has 4 nitrogen and oxygen atoms in total. The van der Waals surface area contributed by atoms with Crippen molar-refractivity contribution < 1.29 is 4.79 Å². The summed E-state index contributed by atoms with van der Waals surface area (Å²) in [6, 6.07) is 1.60. The smallest absolute Gasteiger partial charge is 0.259 e. The van der Waals surface area contributed by atoms with Crippen LogP contribution >= 0.6 is 0 Å². The molecular formula is C13H18N2O2. The molecule has 92 valence electrons. The quantitative estimate of drug-likeness (QED) is 0.803. The molecule has 17 heavy (non-hydrogen) atoms. The van der Waals surface area contributed by atoms with Gasteiger partial charge in [-0.2, -0.15) is 0 Å². The number of hydrogen-bond donors (Lipinski definition) is 1. The van der Waals surface area contributed by atoms with Gasteiger partial charge in [-0.25, -0.2) is 0 Å². The lowest BCUT2D eigenvalue weighted by atomic mass is 9.91. The summed E-state index contributed by atoms with van der Waals surface area (Å²) < 4.78 is 0. The van der Waals surface area contributed by atoms with E-state index in [0.29, 0.717) is 5.92 Å². The van der Waals surface area contributed by atoms with Crippen molar-refractivity contribution in [3.8, 4) is 0 Å². The fourth-order valence-corrected chi connectivity index (χ4v) is 2.36. The van der Waals surface area contributed by atoms with Crippen molar-refractivity contribution in [1.82, 2.24) is 9.88 Å². The van der Waals surface area contributed by atoms with Crippen LogP contribution in [-0.2, 0) is 0 Å². The molecule has 0 spiro atoms. The Kier molecular flexibility index (Phi) is 3.31. The minimum absolute atomic E-state index is 0.147. The number of pyridine rings is 1. The Morgan fingerprint density at radius 1 is 1.47 bits per heavy atom. The minimum atomic E-state index is -0.209. The van der Waals surface area contributed by atoms with E-state index in [1.165, 1.54) is 12.3 Å². The Hall–Kier alpha value is -1.58. The molecular weight excluding hydrogens is 216 g/mol.